The maximum atomic E-state index is 12.4. The molecule has 2 rings (SSSR count). The molecule has 0 aliphatic rings. The fourth-order valence-corrected chi connectivity index (χ4v) is 3.24. The first-order valence-electron chi connectivity index (χ1n) is 6.04. The van der Waals surface area contributed by atoms with Crippen molar-refractivity contribution < 1.29 is 23.1 Å². The van der Waals surface area contributed by atoms with Gasteiger partial charge in [-0.2, -0.15) is 0 Å². The smallest absolute Gasteiger partial charge is 0.337 e. The number of anilines is 1. The Morgan fingerprint density at radius 1 is 1.23 bits per heavy atom. The van der Waals surface area contributed by atoms with E-state index in [1.807, 2.05) is 0 Å². The third-order valence-electron chi connectivity index (χ3n) is 2.81. The lowest BCUT2D eigenvalue weighted by Gasteiger charge is -2.13. The Balaban J connectivity index is 2.50. The van der Waals surface area contributed by atoms with Crippen molar-refractivity contribution in [2.24, 2.45) is 0 Å². The summed E-state index contributed by atoms with van der Waals surface area (Å²) in [7, 11) is -2.68. The number of rotatable bonds is 5. The van der Waals surface area contributed by atoms with Gasteiger partial charge in [-0.1, -0.05) is 23.7 Å². The third-order valence-corrected chi connectivity index (χ3v) is 4.45. The van der Waals surface area contributed by atoms with Crippen LogP contribution in [0, 0.1) is 0 Å². The van der Waals surface area contributed by atoms with Gasteiger partial charge in [0.1, 0.15) is 10.6 Å². The van der Waals surface area contributed by atoms with Gasteiger partial charge >= 0.3 is 5.97 Å². The Morgan fingerprint density at radius 2 is 1.91 bits per heavy atom. The number of methoxy groups -OCH3 is 1. The number of hydrogen-bond donors (Lipinski definition) is 2. The Morgan fingerprint density at radius 3 is 2.55 bits per heavy atom. The maximum Gasteiger partial charge on any atom is 0.337 e. The first-order valence-corrected chi connectivity index (χ1v) is 7.90. The Labute approximate surface area is 132 Å². The van der Waals surface area contributed by atoms with E-state index in [-0.39, 0.29) is 26.9 Å². The summed E-state index contributed by atoms with van der Waals surface area (Å²) in [5.41, 5.74) is -0.325. The van der Waals surface area contributed by atoms with Crippen LogP contribution in [0.5, 0.6) is 5.75 Å². The Bertz CT molecular complexity index is 820. The molecule has 0 aliphatic carbocycles. The second-order valence-corrected chi connectivity index (χ2v) is 6.34. The van der Waals surface area contributed by atoms with Crippen LogP contribution in [0.25, 0.3) is 0 Å². The standard InChI is InChI=1S/C14H12ClNO5S/c1-21-12-4-2-3-5-13(12)22(19,20)16-11-8-9(15)6-7-10(11)14(17)18/h2-8,16H,1H3,(H,17,18). The molecule has 0 saturated carbocycles. The van der Waals surface area contributed by atoms with Gasteiger partial charge in [-0.05, 0) is 30.3 Å². The molecule has 22 heavy (non-hydrogen) atoms. The lowest BCUT2D eigenvalue weighted by molar-refractivity contribution is 0.0698. The maximum absolute atomic E-state index is 12.4. The highest BCUT2D eigenvalue weighted by Gasteiger charge is 2.22. The molecule has 0 heterocycles. The molecule has 0 fully saturated rings. The summed E-state index contributed by atoms with van der Waals surface area (Å²) in [4.78, 5) is 11.1. The lowest BCUT2D eigenvalue weighted by atomic mass is 10.2. The molecule has 2 N–H and O–H groups in total. The Kier molecular flexibility index (Phi) is 4.58. The van der Waals surface area contributed by atoms with E-state index >= 15 is 0 Å². The predicted octanol–water partition coefficient (Wildman–Crippen LogP) is 2.85. The number of aromatic carboxylic acids is 1. The minimum atomic E-state index is -4.03. The number of sulfonamides is 1. The minimum absolute atomic E-state index is 0.103. The van der Waals surface area contributed by atoms with Gasteiger partial charge < -0.3 is 9.84 Å². The van der Waals surface area contributed by atoms with Crippen molar-refractivity contribution in [3.05, 3.63) is 53.1 Å². The molecule has 0 aliphatic heterocycles. The zero-order chi connectivity index (χ0) is 16.3. The van der Waals surface area contributed by atoms with Crippen molar-refractivity contribution in [3.63, 3.8) is 0 Å². The number of carbonyl (C=O) groups is 1. The van der Waals surface area contributed by atoms with Crippen LogP contribution < -0.4 is 9.46 Å². The van der Waals surface area contributed by atoms with Gasteiger partial charge in [0.25, 0.3) is 10.0 Å². The molecule has 0 saturated heterocycles. The van der Waals surface area contributed by atoms with Crippen LogP contribution in [0.15, 0.2) is 47.4 Å². The van der Waals surface area contributed by atoms with Crippen molar-refractivity contribution in [1.29, 1.82) is 0 Å². The number of carboxylic acids is 1. The molecule has 0 amide bonds. The zero-order valence-corrected chi connectivity index (χ0v) is 13.0. The molecular formula is C14H12ClNO5S. The molecule has 0 aromatic heterocycles. The number of carboxylic acid groups (broad SMARTS) is 1. The van der Waals surface area contributed by atoms with Gasteiger partial charge in [0.2, 0.25) is 0 Å². The number of ether oxygens (including phenoxy) is 1. The van der Waals surface area contributed by atoms with Crippen LogP contribution in [0.2, 0.25) is 5.02 Å². The molecular weight excluding hydrogens is 330 g/mol. The van der Waals surface area contributed by atoms with E-state index in [0.29, 0.717) is 0 Å². The van der Waals surface area contributed by atoms with E-state index < -0.39 is 16.0 Å². The van der Waals surface area contributed by atoms with Gasteiger partial charge in [0.15, 0.2) is 0 Å². The fraction of sp³-hybridized carbons (Fsp3) is 0.0714. The van der Waals surface area contributed by atoms with E-state index in [4.69, 9.17) is 21.4 Å². The molecule has 0 radical (unpaired) electrons. The second-order valence-electron chi connectivity index (χ2n) is 4.25. The van der Waals surface area contributed by atoms with Gasteiger partial charge in [-0.3, -0.25) is 4.72 Å². The predicted molar refractivity (Wildman–Crippen MR) is 82.2 cm³/mol. The van der Waals surface area contributed by atoms with Crippen LogP contribution in [0.1, 0.15) is 10.4 Å². The highest BCUT2D eigenvalue weighted by molar-refractivity contribution is 7.92. The molecule has 0 unspecified atom stereocenters. The molecule has 2 aromatic carbocycles. The minimum Gasteiger partial charge on any atom is -0.495 e. The van der Waals surface area contributed by atoms with E-state index in [9.17, 15) is 13.2 Å². The van der Waals surface area contributed by atoms with Crippen molar-refractivity contribution in [2.75, 3.05) is 11.8 Å². The van der Waals surface area contributed by atoms with E-state index in [0.717, 1.165) is 0 Å². The summed E-state index contributed by atoms with van der Waals surface area (Å²) in [5, 5.41) is 9.33. The van der Waals surface area contributed by atoms with Crippen LogP contribution >= 0.6 is 11.6 Å². The first-order chi connectivity index (χ1) is 10.3. The number of nitrogens with one attached hydrogen (secondary N) is 1. The van der Waals surface area contributed by atoms with E-state index in [1.54, 1.807) is 6.07 Å². The van der Waals surface area contributed by atoms with Crippen molar-refractivity contribution in [2.45, 2.75) is 4.90 Å². The molecule has 8 heteroatoms. The molecule has 0 bridgehead atoms. The van der Waals surface area contributed by atoms with E-state index in [2.05, 4.69) is 4.72 Å². The van der Waals surface area contributed by atoms with Crippen molar-refractivity contribution in [3.8, 4) is 5.75 Å². The molecule has 0 atom stereocenters. The van der Waals surface area contributed by atoms with E-state index in [1.165, 1.54) is 43.5 Å². The average Bonchev–Trinajstić information content (AvgIpc) is 2.46. The zero-order valence-electron chi connectivity index (χ0n) is 11.4. The third kappa shape index (κ3) is 3.32. The fourth-order valence-electron chi connectivity index (χ4n) is 1.83. The molecule has 116 valence electrons. The summed E-state index contributed by atoms with van der Waals surface area (Å²) in [6.07, 6.45) is 0. The van der Waals surface area contributed by atoms with Crippen molar-refractivity contribution >= 4 is 33.3 Å². The Hall–Kier alpha value is -2.25. The lowest BCUT2D eigenvalue weighted by Crippen LogP contribution is -2.16. The number of benzene rings is 2. The number of para-hydroxylation sites is 1. The number of halogens is 1. The van der Waals surface area contributed by atoms with Gasteiger partial charge in [-0.15, -0.1) is 0 Å². The summed E-state index contributed by atoms with van der Waals surface area (Å²) in [5.74, 6) is -1.12. The van der Waals surface area contributed by atoms with Crippen LogP contribution in [0.3, 0.4) is 0 Å². The van der Waals surface area contributed by atoms with Crippen LogP contribution in [0.4, 0.5) is 5.69 Å². The first kappa shape index (κ1) is 16.1. The summed E-state index contributed by atoms with van der Waals surface area (Å²) < 4.78 is 32.1. The molecule has 6 nitrogen and oxygen atoms in total. The van der Waals surface area contributed by atoms with Gasteiger partial charge in [0.05, 0.1) is 18.4 Å². The normalized spacial score (nSPS) is 11.0. The molecule has 2 aromatic rings. The summed E-state index contributed by atoms with van der Waals surface area (Å²) in [6.45, 7) is 0. The SMILES string of the molecule is COc1ccccc1S(=O)(=O)Nc1cc(Cl)ccc1C(=O)O. The topological polar surface area (TPSA) is 92.7 Å². The van der Waals surface area contributed by atoms with Gasteiger partial charge in [0, 0.05) is 5.02 Å². The molecule has 0 spiro atoms. The van der Waals surface area contributed by atoms with Gasteiger partial charge in [-0.25, -0.2) is 13.2 Å². The summed E-state index contributed by atoms with van der Waals surface area (Å²) >= 11 is 5.80. The quantitative estimate of drug-likeness (QED) is 0.872. The summed E-state index contributed by atoms with van der Waals surface area (Å²) in [6, 6.07) is 9.83. The van der Waals surface area contributed by atoms with Crippen LogP contribution in [-0.4, -0.2) is 26.6 Å². The van der Waals surface area contributed by atoms with Crippen LogP contribution in [-0.2, 0) is 10.0 Å². The average molecular weight is 342 g/mol. The number of hydrogen-bond acceptors (Lipinski definition) is 4. The highest BCUT2D eigenvalue weighted by Crippen LogP contribution is 2.28. The monoisotopic (exact) mass is 341 g/mol. The second kappa shape index (κ2) is 6.25. The highest BCUT2D eigenvalue weighted by atomic mass is 35.5. The van der Waals surface area contributed by atoms with Crippen molar-refractivity contribution in [1.82, 2.24) is 0 Å². The largest absolute Gasteiger partial charge is 0.495 e.